The lowest BCUT2D eigenvalue weighted by molar-refractivity contribution is 0.127. The minimum Gasteiger partial charge on any atom is -0.448 e. The van der Waals surface area contributed by atoms with Crippen LogP contribution in [0.25, 0.3) is 0 Å². The van der Waals surface area contributed by atoms with E-state index in [9.17, 15) is 4.79 Å². The minimum atomic E-state index is -0.405. The van der Waals surface area contributed by atoms with Crippen LogP contribution in [-0.4, -0.2) is 24.8 Å². The Morgan fingerprint density at radius 1 is 1.36 bits per heavy atom. The van der Waals surface area contributed by atoms with Crippen molar-refractivity contribution in [2.45, 2.75) is 39.8 Å². The van der Waals surface area contributed by atoms with Gasteiger partial charge < -0.3 is 10.1 Å². The number of amides is 1. The van der Waals surface area contributed by atoms with Crippen molar-refractivity contribution >= 4 is 17.9 Å². The van der Waals surface area contributed by atoms with E-state index >= 15 is 0 Å². The van der Waals surface area contributed by atoms with Gasteiger partial charge in [0.2, 0.25) is 0 Å². The number of carbonyl (C=O) groups excluding carboxylic acids is 1. The highest BCUT2D eigenvalue weighted by Crippen LogP contribution is 2.02. The standard InChI is InChI=1S/C9H19ClN2O2/c1-6(2)8(12-10)5-14-9(13)11-7(3)4/h6-8,12H,5H2,1-4H3,(H,11,13)/t8-/m1/s1. The first-order chi connectivity index (χ1) is 6.47. The van der Waals surface area contributed by atoms with Crippen molar-refractivity contribution in [2.24, 2.45) is 5.92 Å². The van der Waals surface area contributed by atoms with Crippen molar-refractivity contribution < 1.29 is 9.53 Å². The van der Waals surface area contributed by atoms with E-state index in [0.29, 0.717) is 5.92 Å². The van der Waals surface area contributed by atoms with E-state index in [1.54, 1.807) is 0 Å². The van der Waals surface area contributed by atoms with Crippen LogP contribution >= 0.6 is 11.8 Å². The number of hydrogen-bond acceptors (Lipinski definition) is 3. The summed E-state index contributed by atoms with van der Waals surface area (Å²) in [6.45, 7) is 8.04. The van der Waals surface area contributed by atoms with Gasteiger partial charge in [-0.05, 0) is 31.5 Å². The molecule has 0 aliphatic heterocycles. The number of carbonyl (C=O) groups is 1. The van der Waals surface area contributed by atoms with Crippen molar-refractivity contribution in [2.75, 3.05) is 6.61 Å². The molecule has 2 N–H and O–H groups in total. The van der Waals surface area contributed by atoms with Gasteiger partial charge in [-0.3, -0.25) is 0 Å². The fraction of sp³-hybridized carbons (Fsp3) is 0.889. The summed E-state index contributed by atoms with van der Waals surface area (Å²) in [5, 5.41) is 2.63. The molecule has 0 saturated carbocycles. The fourth-order valence-electron chi connectivity index (χ4n) is 0.793. The Kier molecular flexibility index (Phi) is 6.66. The van der Waals surface area contributed by atoms with Gasteiger partial charge >= 0.3 is 6.09 Å². The van der Waals surface area contributed by atoms with Crippen LogP contribution in [0.5, 0.6) is 0 Å². The van der Waals surface area contributed by atoms with E-state index in [1.165, 1.54) is 0 Å². The molecule has 5 heteroatoms. The Bertz CT molecular complexity index is 174. The second-order valence-electron chi connectivity index (χ2n) is 3.86. The first-order valence-corrected chi connectivity index (χ1v) is 5.14. The molecule has 0 spiro atoms. The molecule has 0 aliphatic rings. The summed E-state index contributed by atoms with van der Waals surface area (Å²) in [7, 11) is 0. The van der Waals surface area contributed by atoms with Crippen molar-refractivity contribution in [3.63, 3.8) is 0 Å². The third kappa shape index (κ3) is 6.05. The molecule has 84 valence electrons. The lowest BCUT2D eigenvalue weighted by Crippen LogP contribution is -2.37. The molecule has 0 unspecified atom stereocenters. The summed E-state index contributed by atoms with van der Waals surface area (Å²) in [6, 6.07) is 0.0681. The van der Waals surface area contributed by atoms with Gasteiger partial charge in [0.1, 0.15) is 6.61 Å². The fourth-order valence-corrected chi connectivity index (χ4v) is 1.11. The van der Waals surface area contributed by atoms with Crippen molar-refractivity contribution in [1.82, 2.24) is 10.2 Å². The molecular formula is C9H19ClN2O2. The lowest BCUT2D eigenvalue weighted by atomic mass is 10.1. The number of halogens is 1. The Labute approximate surface area is 90.4 Å². The quantitative estimate of drug-likeness (QED) is 0.699. The Morgan fingerprint density at radius 3 is 2.29 bits per heavy atom. The summed E-state index contributed by atoms with van der Waals surface area (Å²) < 4.78 is 4.97. The average Bonchev–Trinajstić information content (AvgIpc) is 2.03. The van der Waals surface area contributed by atoms with Gasteiger partial charge in [-0.2, -0.15) is 0 Å². The molecule has 1 atom stereocenters. The summed E-state index contributed by atoms with van der Waals surface area (Å²) in [6.07, 6.45) is -0.405. The molecule has 0 aromatic heterocycles. The molecule has 4 nitrogen and oxygen atoms in total. The molecule has 0 heterocycles. The molecule has 0 aromatic rings. The zero-order chi connectivity index (χ0) is 11.1. The molecule has 14 heavy (non-hydrogen) atoms. The largest absolute Gasteiger partial charge is 0.448 e. The molecule has 0 fully saturated rings. The van der Waals surface area contributed by atoms with E-state index in [-0.39, 0.29) is 18.7 Å². The second-order valence-corrected chi connectivity index (χ2v) is 4.08. The zero-order valence-electron chi connectivity index (χ0n) is 9.13. The van der Waals surface area contributed by atoms with Crippen molar-refractivity contribution in [1.29, 1.82) is 0 Å². The van der Waals surface area contributed by atoms with E-state index in [2.05, 4.69) is 10.2 Å². The Hall–Kier alpha value is -0.480. The van der Waals surface area contributed by atoms with Crippen LogP contribution < -0.4 is 10.2 Å². The number of alkyl carbamates (subject to hydrolysis) is 1. The smallest absolute Gasteiger partial charge is 0.407 e. The van der Waals surface area contributed by atoms with Gasteiger partial charge in [-0.25, -0.2) is 9.63 Å². The normalized spacial score (nSPS) is 13.1. The summed E-state index contributed by atoms with van der Waals surface area (Å²) in [5.41, 5.74) is 0. The van der Waals surface area contributed by atoms with Crippen LogP contribution in [0, 0.1) is 5.92 Å². The van der Waals surface area contributed by atoms with E-state index in [1.807, 2.05) is 27.7 Å². The van der Waals surface area contributed by atoms with Crippen molar-refractivity contribution in [3.8, 4) is 0 Å². The highest BCUT2D eigenvalue weighted by Gasteiger charge is 2.14. The van der Waals surface area contributed by atoms with Gasteiger partial charge in [0, 0.05) is 6.04 Å². The van der Waals surface area contributed by atoms with Crippen LogP contribution in [0.3, 0.4) is 0 Å². The number of ether oxygens (including phenoxy) is 1. The monoisotopic (exact) mass is 222 g/mol. The average molecular weight is 223 g/mol. The van der Waals surface area contributed by atoms with Crippen LogP contribution in [0.2, 0.25) is 0 Å². The van der Waals surface area contributed by atoms with Gasteiger partial charge in [-0.1, -0.05) is 13.8 Å². The predicted molar refractivity (Wildman–Crippen MR) is 57.2 cm³/mol. The van der Waals surface area contributed by atoms with Crippen molar-refractivity contribution in [3.05, 3.63) is 0 Å². The van der Waals surface area contributed by atoms with E-state index < -0.39 is 6.09 Å². The van der Waals surface area contributed by atoms with E-state index in [0.717, 1.165) is 0 Å². The first kappa shape index (κ1) is 13.5. The summed E-state index contributed by atoms with van der Waals surface area (Å²) in [5.74, 6) is 0.319. The summed E-state index contributed by atoms with van der Waals surface area (Å²) in [4.78, 5) is 13.7. The SMILES string of the molecule is CC(C)NC(=O)OC[C@@H](NCl)C(C)C. The molecule has 0 bridgehead atoms. The number of hydrogen-bond donors (Lipinski definition) is 2. The molecule has 0 rings (SSSR count). The number of rotatable bonds is 5. The molecular weight excluding hydrogens is 204 g/mol. The lowest BCUT2D eigenvalue weighted by Gasteiger charge is -2.18. The van der Waals surface area contributed by atoms with Crippen LogP contribution in [0.1, 0.15) is 27.7 Å². The maximum Gasteiger partial charge on any atom is 0.407 e. The second kappa shape index (κ2) is 6.90. The van der Waals surface area contributed by atoms with Crippen LogP contribution in [0.15, 0.2) is 0 Å². The molecule has 0 saturated heterocycles. The highest BCUT2D eigenvalue weighted by molar-refractivity contribution is 6.13. The maximum atomic E-state index is 11.1. The maximum absolute atomic E-state index is 11.1. The Morgan fingerprint density at radius 2 is 1.93 bits per heavy atom. The Balaban J connectivity index is 3.74. The van der Waals surface area contributed by atoms with Gasteiger partial charge in [0.15, 0.2) is 0 Å². The van der Waals surface area contributed by atoms with Gasteiger partial charge in [-0.15, -0.1) is 0 Å². The van der Waals surface area contributed by atoms with E-state index in [4.69, 9.17) is 16.5 Å². The van der Waals surface area contributed by atoms with Crippen LogP contribution in [0.4, 0.5) is 4.79 Å². The minimum absolute atomic E-state index is 0.0189. The number of nitrogens with one attached hydrogen (secondary N) is 2. The zero-order valence-corrected chi connectivity index (χ0v) is 9.89. The molecule has 0 aromatic carbocycles. The highest BCUT2D eigenvalue weighted by atomic mass is 35.5. The van der Waals surface area contributed by atoms with Crippen LogP contribution in [-0.2, 0) is 4.74 Å². The first-order valence-electron chi connectivity index (χ1n) is 4.76. The third-order valence-electron chi connectivity index (χ3n) is 1.75. The molecule has 0 aliphatic carbocycles. The van der Waals surface area contributed by atoms with Gasteiger partial charge in [0.25, 0.3) is 0 Å². The molecule has 0 radical (unpaired) electrons. The third-order valence-corrected chi connectivity index (χ3v) is 2.03. The molecule has 1 amide bonds. The van der Waals surface area contributed by atoms with Gasteiger partial charge in [0.05, 0.1) is 6.04 Å². The predicted octanol–water partition coefficient (Wildman–Crippen LogP) is 1.89. The summed E-state index contributed by atoms with van der Waals surface area (Å²) >= 11 is 5.49. The topological polar surface area (TPSA) is 50.4 Å².